The zero-order chi connectivity index (χ0) is 9.97. The predicted octanol–water partition coefficient (Wildman–Crippen LogP) is 2.01. The number of hydrogen-bond acceptors (Lipinski definition) is 4. The van der Waals surface area contributed by atoms with Crippen molar-refractivity contribution < 1.29 is 10.2 Å². The van der Waals surface area contributed by atoms with E-state index in [9.17, 15) is 0 Å². The molecule has 0 aliphatic rings. The van der Waals surface area contributed by atoms with E-state index in [0.717, 1.165) is 11.3 Å². The minimum Gasteiger partial charge on any atom is -0.508 e. The van der Waals surface area contributed by atoms with Crippen LogP contribution in [0.15, 0.2) is 29.6 Å². The van der Waals surface area contributed by atoms with Gasteiger partial charge in [0.15, 0.2) is 0 Å². The van der Waals surface area contributed by atoms with Crippen molar-refractivity contribution in [2.75, 3.05) is 0 Å². The molecule has 0 amide bonds. The number of aliphatic hydroxyl groups is 1. The third-order valence-electron chi connectivity index (χ3n) is 1.85. The second kappa shape index (κ2) is 3.77. The van der Waals surface area contributed by atoms with Crippen LogP contribution in [0, 0.1) is 0 Å². The van der Waals surface area contributed by atoms with Gasteiger partial charge in [0, 0.05) is 10.9 Å². The van der Waals surface area contributed by atoms with Crippen LogP contribution in [-0.2, 0) is 6.61 Å². The molecule has 2 aromatic rings. The van der Waals surface area contributed by atoms with Crippen LogP contribution < -0.4 is 0 Å². The normalized spacial score (nSPS) is 10.4. The van der Waals surface area contributed by atoms with E-state index < -0.39 is 0 Å². The maximum atomic E-state index is 9.10. The number of hydrogen-bond donors (Lipinski definition) is 2. The lowest BCUT2D eigenvalue weighted by Gasteiger charge is -1.95. The molecule has 2 N–H and O–H groups in total. The highest BCUT2D eigenvalue weighted by atomic mass is 32.1. The van der Waals surface area contributed by atoms with Gasteiger partial charge in [0.25, 0.3) is 0 Å². The van der Waals surface area contributed by atoms with Gasteiger partial charge in [0.05, 0.1) is 12.3 Å². The maximum Gasteiger partial charge on any atom is 0.119 e. The Morgan fingerprint density at radius 1 is 1.21 bits per heavy atom. The molecule has 0 radical (unpaired) electrons. The molecule has 0 saturated heterocycles. The van der Waals surface area contributed by atoms with Gasteiger partial charge in [0.2, 0.25) is 0 Å². The van der Waals surface area contributed by atoms with Crippen LogP contribution in [0.2, 0.25) is 0 Å². The monoisotopic (exact) mass is 207 g/mol. The standard InChI is InChI=1S/C10H9NO2S/c12-5-10-11-9(6-14-10)7-1-3-8(13)4-2-7/h1-4,6,12-13H,5H2. The Kier molecular flexibility index (Phi) is 2.47. The molecule has 0 saturated carbocycles. The molecule has 0 unspecified atom stereocenters. The van der Waals surface area contributed by atoms with E-state index in [1.54, 1.807) is 24.3 Å². The fraction of sp³-hybridized carbons (Fsp3) is 0.100. The highest BCUT2D eigenvalue weighted by Crippen LogP contribution is 2.23. The Hall–Kier alpha value is -1.39. The second-order valence-electron chi connectivity index (χ2n) is 2.83. The Bertz CT molecular complexity index is 422. The molecule has 72 valence electrons. The first-order chi connectivity index (χ1) is 6.79. The van der Waals surface area contributed by atoms with Gasteiger partial charge in [-0.1, -0.05) is 0 Å². The summed E-state index contributed by atoms with van der Waals surface area (Å²) in [5, 5.41) is 20.5. The molecule has 0 bridgehead atoms. The van der Waals surface area contributed by atoms with Crippen molar-refractivity contribution in [2.45, 2.75) is 6.61 Å². The maximum absolute atomic E-state index is 9.10. The molecule has 14 heavy (non-hydrogen) atoms. The summed E-state index contributed by atoms with van der Waals surface area (Å²) >= 11 is 1.42. The van der Waals surface area contributed by atoms with Crippen molar-refractivity contribution in [3.8, 4) is 17.0 Å². The topological polar surface area (TPSA) is 53.4 Å². The fourth-order valence-electron chi connectivity index (χ4n) is 1.15. The largest absolute Gasteiger partial charge is 0.508 e. The number of aromatic hydroxyl groups is 1. The highest BCUT2D eigenvalue weighted by molar-refractivity contribution is 7.09. The van der Waals surface area contributed by atoms with Gasteiger partial charge >= 0.3 is 0 Å². The lowest BCUT2D eigenvalue weighted by atomic mass is 10.2. The first-order valence-electron chi connectivity index (χ1n) is 4.14. The van der Waals surface area contributed by atoms with Gasteiger partial charge in [-0.3, -0.25) is 0 Å². The van der Waals surface area contributed by atoms with E-state index in [2.05, 4.69) is 4.98 Å². The van der Waals surface area contributed by atoms with Gasteiger partial charge in [0.1, 0.15) is 10.8 Å². The van der Waals surface area contributed by atoms with E-state index in [1.807, 2.05) is 5.38 Å². The van der Waals surface area contributed by atoms with Crippen LogP contribution in [-0.4, -0.2) is 15.2 Å². The molecule has 3 nitrogen and oxygen atoms in total. The summed E-state index contributed by atoms with van der Waals surface area (Å²) in [6, 6.07) is 6.83. The average Bonchev–Trinajstić information content (AvgIpc) is 2.67. The summed E-state index contributed by atoms with van der Waals surface area (Å²) in [5.74, 6) is 0.242. The molecule has 1 aromatic carbocycles. The first kappa shape index (κ1) is 9.18. The van der Waals surface area contributed by atoms with E-state index in [4.69, 9.17) is 10.2 Å². The summed E-state index contributed by atoms with van der Waals surface area (Å²) in [6.45, 7) is -0.0250. The van der Waals surface area contributed by atoms with Crippen molar-refractivity contribution in [3.05, 3.63) is 34.7 Å². The quantitative estimate of drug-likeness (QED) is 0.792. The third-order valence-corrected chi connectivity index (χ3v) is 2.68. The number of thiazole rings is 1. The number of phenolic OH excluding ortho intramolecular Hbond substituents is 1. The van der Waals surface area contributed by atoms with Crippen LogP contribution in [0.5, 0.6) is 5.75 Å². The number of aliphatic hydroxyl groups excluding tert-OH is 1. The predicted molar refractivity (Wildman–Crippen MR) is 55.1 cm³/mol. The molecule has 1 aromatic heterocycles. The molecular formula is C10H9NO2S. The summed E-state index contributed by atoms with van der Waals surface area (Å²) in [7, 11) is 0. The van der Waals surface area contributed by atoms with Crippen LogP contribution >= 0.6 is 11.3 Å². The van der Waals surface area contributed by atoms with E-state index in [-0.39, 0.29) is 12.4 Å². The molecule has 0 fully saturated rings. The van der Waals surface area contributed by atoms with Crippen molar-refractivity contribution >= 4 is 11.3 Å². The number of aromatic nitrogens is 1. The Morgan fingerprint density at radius 3 is 2.50 bits per heavy atom. The van der Waals surface area contributed by atoms with E-state index >= 15 is 0 Å². The zero-order valence-corrected chi connectivity index (χ0v) is 8.16. The second-order valence-corrected chi connectivity index (χ2v) is 3.77. The first-order valence-corrected chi connectivity index (χ1v) is 5.02. The average molecular weight is 207 g/mol. The van der Waals surface area contributed by atoms with Crippen molar-refractivity contribution in [1.82, 2.24) is 4.98 Å². The van der Waals surface area contributed by atoms with Gasteiger partial charge < -0.3 is 10.2 Å². The lowest BCUT2D eigenvalue weighted by molar-refractivity contribution is 0.281. The summed E-state index contributed by atoms with van der Waals surface area (Å²) < 4.78 is 0. The fourth-order valence-corrected chi connectivity index (χ4v) is 1.81. The van der Waals surface area contributed by atoms with Crippen molar-refractivity contribution in [3.63, 3.8) is 0 Å². The summed E-state index contributed by atoms with van der Waals surface area (Å²) in [6.07, 6.45) is 0. The smallest absolute Gasteiger partial charge is 0.119 e. The number of phenols is 1. The molecule has 4 heteroatoms. The van der Waals surface area contributed by atoms with Crippen LogP contribution in [0.4, 0.5) is 0 Å². The summed E-state index contributed by atoms with van der Waals surface area (Å²) in [5.41, 5.74) is 1.78. The van der Waals surface area contributed by atoms with Crippen molar-refractivity contribution in [2.24, 2.45) is 0 Å². The Balaban J connectivity index is 2.34. The van der Waals surface area contributed by atoms with E-state index in [1.165, 1.54) is 11.3 Å². The minimum absolute atomic E-state index is 0.0250. The molecule has 0 atom stereocenters. The number of rotatable bonds is 2. The van der Waals surface area contributed by atoms with Gasteiger partial charge in [-0.25, -0.2) is 4.98 Å². The molecule has 0 spiro atoms. The van der Waals surface area contributed by atoms with E-state index in [0.29, 0.717) is 5.01 Å². The molecule has 1 heterocycles. The third kappa shape index (κ3) is 1.76. The van der Waals surface area contributed by atoms with Gasteiger partial charge in [-0.05, 0) is 24.3 Å². The van der Waals surface area contributed by atoms with Gasteiger partial charge in [-0.2, -0.15) is 0 Å². The Labute approximate surface area is 85.3 Å². The zero-order valence-electron chi connectivity index (χ0n) is 7.34. The molecule has 2 rings (SSSR count). The SMILES string of the molecule is OCc1nc(-c2ccc(O)cc2)cs1. The molecular weight excluding hydrogens is 198 g/mol. The number of benzene rings is 1. The Morgan fingerprint density at radius 2 is 1.93 bits per heavy atom. The van der Waals surface area contributed by atoms with Crippen LogP contribution in [0.3, 0.4) is 0 Å². The summed E-state index contributed by atoms with van der Waals surface area (Å²) in [4.78, 5) is 4.22. The lowest BCUT2D eigenvalue weighted by Crippen LogP contribution is -1.81. The molecule has 0 aliphatic carbocycles. The van der Waals surface area contributed by atoms with Gasteiger partial charge in [-0.15, -0.1) is 11.3 Å². The molecule has 0 aliphatic heterocycles. The minimum atomic E-state index is -0.0250. The van der Waals surface area contributed by atoms with Crippen LogP contribution in [0.1, 0.15) is 5.01 Å². The van der Waals surface area contributed by atoms with Crippen LogP contribution in [0.25, 0.3) is 11.3 Å². The number of nitrogens with zero attached hydrogens (tertiary/aromatic N) is 1. The van der Waals surface area contributed by atoms with Crippen molar-refractivity contribution in [1.29, 1.82) is 0 Å². The highest BCUT2D eigenvalue weighted by Gasteiger charge is 2.03.